The van der Waals surface area contributed by atoms with Crippen molar-refractivity contribution in [3.05, 3.63) is 64.4 Å². The number of amides is 1. The molecule has 2 aromatic carbocycles. The van der Waals surface area contributed by atoms with Crippen LogP contribution in [0.3, 0.4) is 0 Å². The van der Waals surface area contributed by atoms with Crippen LogP contribution < -0.4 is 15.6 Å². The van der Waals surface area contributed by atoms with Gasteiger partial charge in [-0.25, -0.2) is 0 Å². The van der Waals surface area contributed by atoms with Gasteiger partial charge in [0.1, 0.15) is 0 Å². The molecule has 0 unspecified atom stereocenters. The van der Waals surface area contributed by atoms with E-state index in [1.165, 1.54) is 6.92 Å². The fraction of sp³-hybridized carbons (Fsp3) is 0.167. The first-order valence-electron chi connectivity index (χ1n) is 7.71. The van der Waals surface area contributed by atoms with Gasteiger partial charge in [0.2, 0.25) is 0 Å². The minimum atomic E-state index is -0.483. The molecule has 128 valence electrons. The molecule has 0 bridgehead atoms. The van der Waals surface area contributed by atoms with Gasteiger partial charge in [0.05, 0.1) is 0 Å². The van der Waals surface area contributed by atoms with Gasteiger partial charge in [-0.15, -0.1) is 0 Å². The van der Waals surface area contributed by atoms with Gasteiger partial charge in [-0.3, -0.25) is 0 Å². The van der Waals surface area contributed by atoms with Crippen molar-refractivity contribution in [3.8, 4) is 5.75 Å². The molecule has 0 spiro atoms. The minimum absolute atomic E-state index is 0.00478. The van der Waals surface area contributed by atoms with Crippen molar-refractivity contribution in [1.82, 2.24) is 8.88 Å². The number of esters is 1. The Morgan fingerprint density at radius 3 is 2.60 bits per heavy atom. The molecule has 1 amide bonds. The maximum absolute atomic E-state index is 12.3. The van der Waals surface area contributed by atoms with Gasteiger partial charge < -0.3 is 0 Å². The molecule has 0 saturated carbocycles. The Morgan fingerprint density at radius 1 is 1.12 bits per heavy atom. The van der Waals surface area contributed by atoms with Crippen molar-refractivity contribution in [2.75, 3.05) is 6.54 Å². The number of carbonyl (C=O) groups excluding carboxylic acids is 2. The van der Waals surface area contributed by atoms with Gasteiger partial charge in [0.15, 0.2) is 0 Å². The summed E-state index contributed by atoms with van der Waals surface area (Å²) in [5.74, 6) is -0.599. The molecule has 6 nitrogen and oxygen atoms in total. The Balaban J connectivity index is 1.68. The molecule has 3 rings (SSSR count). The number of nitrogens with one attached hydrogen (secondary N) is 1. The second kappa shape index (κ2) is 7.51. The molecule has 1 N–H and O–H groups in total. The summed E-state index contributed by atoms with van der Waals surface area (Å²) in [7, 11) is 0. The molecule has 0 aliphatic heterocycles. The van der Waals surface area contributed by atoms with Gasteiger partial charge in [0.25, 0.3) is 0 Å². The molecule has 3 aromatic rings. The fourth-order valence-corrected chi connectivity index (χ4v) is 4.52. The van der Waals surface area contributed by atoms with Gasteiger partial charge >= 0.3 is 150 Å². The molecule has 1 aromatic heterocycles. The van der Waals surface area contributed by atoms with E-state index in [-0.39, 0.29) is 31.9 Å². The van der Waals surface area contributed by atoms with Crippen molar-refractivity contribution in [2.24, 2.45) is 0 Å². The molecule has 0 fully saturated rings. The first-order valence-corrected chi connectivity index (χ1v) is 9.33. The zero-order chi connectivity index (χ0) is 17.8. The molecular formula is C18H16N2O4Se. The predicted molar refractivity (Wildman–Crippen MR) is 95.2 cm³/mol. The van der Waals surface area contributed by atoms with Crippen molar-refractivity contribution in [2.45, 2.75) is 13.5 Å². The second-order valence-electron chi connectivity index (χ2n) is 5.34. The molecular weight excluding hydrogens is 387 g/mol. The summed E-state index contributed by atoms with van der Waals surface area (Å²) in [6.45, 7) is 2.05. The number of benzene rings is 2. The SMILES string of the molecule is CC(=O)Oc1ccccc1C(=O)NCCn1[se]c2ccccc2c1=O. The van der Waals surface area contributed by atoms with E-state index in [2.05, 4.69) is 5.32 Å². The summed E-state index contributed by atoms with van der Waals surface area (Å²) in [5, 5.41) is 3.52. The van der Waals surface area contributed by atoms with Crippen molar-refractivity contribution < 1.29 is 14.3 Å². The summed E-state index contributed by atoms with van der Waals surface area (Å²) in [4.78, 5) is 35.7. The number of rotatable bonds is 5. The van der Waals surface area contributed by atoms with Gasteiger partial charge in [-0.1, -0.05) is 0 Å². The number of hydrogen-bond acceptors (Lipinski definition) is 4. The van der Waals surface area contributed by atoms with Crippen LogP contribution in [0.5, 0.6) is 5.75 Å². The van der Waals surface area contributed by atoms with E-state index in [0.717, 1.165) is 9.65 Å². The van der Waals surface area contributed by atoms with Crippen molar-refractivity contribution in [3.63, 3.8) is 0 Å². The molecule has 0 aliphatic rings. The molecule has 0 radical (unpaired) electrons. The van der Waals surface area contributed by atoms with Crippen LogP contribution in [0.25, 0.3) is 9.65 Å². The predicted octanol–water partition coefficient (Wildman–Crippen LogP) is 1.41. The zero-order valence-corrected chi connectivity index (χ0v) is 15.2. The van der Waals surface area contributed by atoms with Gasteiger partial charge in [-0.2, -0.15) is 0 Å². The summed E-state index contributed by atoms with van der Waals surface area (Å²) >= 11 is -0.0615. The van der Waals surface area contributed by atoms with E-state index >= 15 is 0 Å². The zero-order valence-electron chi connectivity index (χ0n) is 13.5. The van der Waals surface area contributed by atoms with Crippen molar-refractivity contribution >= 4 is 36.3 Å². The first kappa shape index (κ1) is 17.2. The van der Waals surface area contributed by atoms with Crippen LogP contribution in [-0.2, 0) is 11.3 Å². The number of carbonyl (C=O) groups is 2. The summed E-state index contributed by atoms with van der Waals surface area (Å²) < 4.78 is 7.87. The molecule has 7 heteroatoms. The third kappa shape index (κ3) is 3.89. The summed E-state index contributed by atoms with van der Waals surface area (Å²) in [5.41, 5.74) is 0.296. The van der Waals surface area contributed by atoms with E-state index in [0.29, 0.717) is 18.7 Å². The van der Waals surface area contributed by atoms with Crippen LogP contribution in [0.1, 0.15) is 17.3 Å². The topological polar surface area (TPSA) is 77.4 Å². The molecule has 0 atom stereocenters. The van der Waals surface area contributed by atoms with Gasteiger partial charge in [-0.05, 0) is 0 Å². The average Bonchev–Trinajstić information content (AvgIpc) is 2.91. The van der Waals surface area contributed by atoms with Crippen LogP contribution in [0.4, 0.5) is 0 Å². The third-order valence-corrected chi connectivity index (χ3v) is 5.89. The first-order chi connectivity index (χ1) is 12.1. The second-order valence-corrected chi connectivity index (χ2v) is 7.57. The Hall–Kier alpha value is -2.63. The van der Waals surface area contributed by atoms with E-state index in [1.54, 1.807) is 27.8 Å². The molecule has 25 heavy (non-hydrogen) atoms. The Kier molecular flexibility index (Phi) is 5.16. The maximum atomic E-state index is 12.3. The van der Waals surface area contributed by atoms with Crippen LogP contribution in [0.15, 0.2) is 53.3 Å². The van der Waals surface area contributed by atoms with Crippen LogP contribution in [0.2, 0.25) is 0 Å². The van der Waals surface area contributed by atoms with E-state index in [9.17, 15) is 14.4 Å². The van der Waals surface area contributed by atoms with E-state index in [1.807, 2.05) is 24.3 Å². The van der Waals surface area contributed by atoms with E-state index < -0.39 is 5.97 Å². The van der Waals surface area contributed by atoms with Crippen LogP contribution in [-0.4, -0.2) is 36.7 Å². The number of ether oxygens (including phenoxy) is 1. The third-order valence-electron chi connectivity index (χ3n) is 3.54. The Morgan fingerprint density at radius 2 is 1.84 bits per heavy atom. The Bertz CT molecular complexity index is 990. The molecule has 0 aliphatic carbocycles. The normalized spacial score (nSPS) is 10.6. The number of hydrogen-bond donors (Lipinski definition) is 1. The van der Waals surface area contributed by atoms with Gasteiger partial charge in [0, 0.05) is 0 Å². The summed E-state index contributed by atoms with van der Waals surface area (Å²) in [6, 6.07) is 14.1. The molecule has 0 saturated heterocycles. The quantitative estimate of drug-likeness (QED) is 0.397. The van der Waals surface area contributed by atoms with Crippen molar-refractivity contribution in [1.29, 1.82) is 0 Å². The van der Waals surface area contributed by atoms with E-state index in [4.69, 9.17) is 4.74 Å². The number of para-hydroxylation sites is 1. The van der Waals surface area contributed by atoms with Crippen LogP contribution >= 0.6 is 0 Å². The number of nitrogens with zero attached hydrogens (tertiary/aromatic N) is 1. The monoisotopic (exact) mass is 404 g/mol. The number of fused-ring (bicyclic) bond motifs is 1. The Labute approximate surface area is 150 Å². The average molecular weight is 403 g/mol. The fourth-order valence-electron chi connectivity index (χ4n) is 2.43. The number of aromatic nitrogens is 1. The van der Waals surface area contributed by atoms with Crippen LogP contribution in [0, 0.1) is 0 Å². The standard InChI is InChI=1S/C18H16N2O4Se/c1-12(21)24-15-8-4-2-6-13(15)17(22)19-10-11-20-18(23)14-7-3-5-9-16(14)25-20/h2-9H,10-11H2,1H3,(H,19,22). The summed E-state index contributed by atoms with van der Waals surface area (Å²) in [6.07, 6.45) is 0. The molecule has 1 heterocycles.